The molecule has 5 nitrogen and oxygen atoms in total. The molecular formula is C18H24F5N3O2. The van der Waals surface area contributed by atoms with E-state index in [2.05, 4.69) is 0 Å². The van der Waals surface area contributed by atoms with E-state index in [9.17, 15) is 26.7 Å². The largest absolute Gasteiger partial charge is 0.458 e. The average Bonchev–Trinajstić information content (AvgIpc) is 2.52. The van der Waals surface area contributed by atoms with Crippen molar-refractivity contribution in [1.29, 1.82) is 0 Å². The number of carbonyl (C=O) groups excluding carboxylic acids is 1. The van der Waals surface area contributed by atoms with Gasteiger partial charge in [-0.25, -0.2) is 4.79 Å². The van der Waals surface area contributed by atoms with Crippen LogP contribution in [0.25, 0.3) is 0 Å². The van der Waals surface area contributed by atoms with Gasteiger partial charge in [0.1, 0.15) is 5.60 Å². The van der Waals surface area contributed by atoms with Gasteiger partial charge in [0.05, 0.1) is 0 Å². The minimum atomic E-state index is -5.70. The van der Waals surface area contributed by atoms with Crippen LogP contribution in [0, 0.1) is 0 Å². The van der Waals surface area contributed by atoms with Gasteiger partial charge >= 0.3 is 18.2 Å². The van der Waals surface area contributed by atoms with Crippen LogP contribution in [0.3, 0.4) is 0 Å². The lowest BCUT2D eigenvalue weighted by atomic mass is 9.99. The molecule has 0 radical (unpaired) electrons. The minimum absolute atomic E-state index is 0.101. The van der Waals surface area contributed by atoms with Gasteiger partial charge in [-0.1, -0.05) is 6.07 Å². The molecule has 0 unspecified atom stereocenters. The maximum absolute atomic E-state index is 13.9. The molecule has 2 rings (SSSR count). The number of rotatable bonds is 3. The Labute approximate surface area is 160 Å². The maximum atomic E-state index is 13.9. The lowest BCUT2D eigenvalue weighted by molar-refractivity contribution is -0.289. The van der Waals surface area contributed by atoms with Crippen molar-refractivity contribution < 1.29 is 31.5 Å². The third-order valence-electron chi connectivity index (χ3n) is 4.24. The molecule has 1 aliphatic rings. The molecule has 1 heterocycles. The van der Waals surface area contributed by atoms with Crippen molar-refractivity contribution in [3.8, 4) is 0 Å². The summed E-state index contributed by atoms with van der Waals surface area (Å²) in [5, 5.41) is 0. The molecule has 0 atom stereocenters. The molecule has 1 saturated heterocycles. The van der Waals surface area contributed by atoms with Gasteiger partial charge in [0.25, 0.3) is 0 Å². The summed E-state index contributed by atoms with van der Waals surface area (Å²) in [7, 11) is 0. The topological polar surface area (TPSA) is 58.8 Å². The Hall–Kier alpha value is -2.10. The first-order valence-electron chi connectivity index (χ1n) is 8.74. The third-order valence-corrected chi connectivity index (χ3v) is 4.24. The van der Waals surface area contributed by atoms with Crippen LogP contribution in [-0.2, 0) is 17.2 Å². The molecule has 0 bridgehead atoms. The van der Waals surface area contributed by atoms with E-state index in [1.165, 1.54) is 4.90 Å². The van der Waals surface area contributed by atoms with Gasteiger partial charge in [0, 0.05) is 44.0 Å². The SMILES string of the molecule is CC(C)(C)OC(=O)N1CCN(Cc2cc(N)ccc2C(F)(F)C(F)(F)F)CC1. The summed E-state index contributed by atoms with van der Waals surface area (Å²) in [5.41, 5.74) is 3.75. The number of alkyl halides is 5. The molecule has 2 N–H and O–H groups in total. The zero-order valence-electron chi connectivity index (χ0n) is 15.9. The molecule has 0 aliphatic carbocycles. The van der Waals surface area contributed by atoms with Gasteiger partial charge in [-0.15, -0.1) is 0 Å². The Morgan fingerprint density at radius 1 is 1.07 bits per heavy atom. The molecule has 28 heavy (non-hydrogen) atoms. The number of nitrogens with zero attached hydrogens (tertiary/aromatic N) is 2. The predicted molar refractivity (Wildman–Crippen MR) is 93.9 cm³/mol. The summed E-state index contributed by atoms with van der Waals surface area (Å²) in [6.45, 7) is 6.27. The number of hydrogen-bond acceptors (Lipinski definition) is 4. The van der Waals surface area contributed by atoms with Crippen LogP contribution in [-0.4, -0.2) is 53.8 Å². The second kappa shape index (κ2) is 7.73. The summed E-state index contributed by atoms with van der Waals surface area (Å²) < 4.78 is 71.4. The van der Waals surface area contributed by atoms with E-state index < -0.39 is 29.4 Å². The molecule has 0 spiro atoms. The van der Waals surface area contributed by atoms with Crippen LogP contribution in [0.1, 0.15) is 31.9 Å². The van der Waals surface area contributed by atoms with Gasteiger partial charge in [-0.2, -0.15) is 22.0 Å². The zero-order valence-corrected chi connectivity index (χ0v) is 15.9. The Balaban J connectivity index is 2.10. The molecule has 0 saturated carbocycles. The number of hydrogen-bond donors (Lipinski definition) is 1. The van der Waals surface area contributed by atoms with Crippen molar-refractivity contribution in [3.05, 3.63) is 29.3 Å². The van der Waals surface area contributed by atoms with E-state index in [1.807, 2.05) is 0 Å². The molecule has 0 aromatic heterocycles. The first-order chi connectivity index (χ1) is 12.7. The van der Waals surface area contributed by atoms with Crippen LogP contribution in [0.2, 0.25) is 0 Å². The fraction of sp³-hybridized carbons (Fsp3) is 0.611. The van der Waals surface area contributed by atoms with Gasteiger partial charge in [-0.05, 0) is 38.5 Å². The van der Waals surface area contributed by atoms with Crippen LogP contribution in [0.15, 0.2) is 18.2 Å². The average molecular weight is 409 g/mol. The van der Waals surface area contributed by atoms with Crippen molar-refractivity contribution in [2.75, 3.05) is 31.9 Å². The molecule has 1 aliphatic heterocycles. The number of halogens is 5. The Morgan fingerprint density at radius 2 is 1.64 bits per heavy atom. The lowest BCUT2D eigenvalue weighted by Crippen LogP contribution is -2.49. The molecular weight excluding hydrogens is 385 g/mol. The number of benzene rings is 1. The molecule has 158 valence electrons. The zero-order chi connectivity index (χ0) is 21.3. The minimum Gasteiger partial charge on any atom is -0.444 e. The summed E-state index contributed by atoms with van der Waals surface area (Å²) in [4.78, 5) is 15.2. The van der Waals surface area contributed by atoms with E-state index in [4.69, 9.17) is 10.5 Å². The fourth-order valence-corrected chi connectivity index (χ4v) is 2.86. The molecule has 1 aromatic rings. The number of piperazine rings is 1. The predicted octanol–water partition coefficient (Wildman–Crippen LogP) is 3.98. The van der Waals surface area contributed by atoms with Gasteiger partial charge in [-0.3, -0.25) is 4.90 Å². The Kier molecular flexibility index (Phi) is 6.13. The monoisotopic (exact) mass is 409 g/mol. The Bertz CT molecular complexity index is 708. The van der Waals surface area contributed by atoms with Crippen molar-refractivity contribution in [2.24, 2.45) is 0 Å². The first kappa shape index (κ1) is 22.2. The number of anilines is 1. The molecule has 1 fully saturated rings. The smallest absolute Gasteiger partial charge is 0.444 e. The second-order valence-corrected chi connectivity index (χ2v) is 7.73. The fourth-order valence-electron chi connectivity index (χ4n) is 2.86. The molecule has 1 amide bonds. The summed E-state index contributed by atoms with van der Waals surface area (Å²) in [6, 6.07) is 2.88. The number of amides is 1. The van der Waals surface area contributed by atoms with Crippen LogP contribution >= 0.6 is 0 Å². The van der Waals surface area contributed by atoms with Crippen molar-refractivity contribution in [3.63, 3.8) is 0 Å². The van der Waals surface area contributed by atoms with E-state index in [0.29, 0.717) is 13.1 Å². The van der Waals surface area contributed by atoms with Gasteiger partial charge < -0.3 is 15.4 Å². The highest BCUT2D eigenvalue weighted by atomic mass is 19.4. The number of nitrogens with two attached hydrogens (primary N) is 1. The second-order valence-electron chi connectivity index (χ2n) is 7.73. The summed E-state index contributed by atoms with van der Waals surface area (Å²) in [6.07, 6.45) is -6.19. The Morgan fingerprint density at radius 3 is 2.14 bits per heavy atom. The summed E-state index contributed by atoms with van der Waals surface area (Å²) in [5.74, 6) is -4.98. The van der Waals surface area contributed by atoms with Gasteiger partial charge in [0.2, 0.25) is 0 Å². The first-order valence-corrected chi connectivity index (χ1v) is 8.74. The number of carbonyl (C=O) groups is 1. The van der Waals surface area contributed by atoms with E-state index in [1.54, 1.807) is 25.7 Å². The van der Waals surface area contributed by atoms with Gasteiger partial charge in [0.15, 0.2) is 0 Å². The number of ether oxygens (including phenoxy) is 1. The third kappa shape index (κ3) is 5.24. The molecule has 10 heteroatoms. The van der Waals surface area contributed by atoms with Crippen molar-refractivity contribution >= 4 is 11.8 Å². The normalized spacial score (nSPS) is 16.9. The molecule has 1 aromatic carbocycles. The highest BCUT2D eigenvalue weighted by molar-refractivity contribution is 5.68. The summed E-state index contributed by atoms with van der Waals surface area (Å²) >= 11 is 0. The van der Waals surface area contributed by atoms with E-state index in [0.717, 1.165) is 18.2 Å². The quantitative estimate of drug-likeness (QED) is 0.606. The standard InChI is InChI=1S/C18H24F5N3O2/c1-16(2,3)28-15(27)26-8-6-25(7-9-26)11-12-10-13(24)4-5-14(12)17(19,20)18(21,22)23/h4-5,10H,6-9,11,24H2,1-3H3. The highest BCUT2D eigenvalue weighted by Gasteiger charge is 2.59. The van der Waals surface area contributed by atoms with Crippen LogP contribution in [0.4, 0.5) is 32.4 Å². The van der Waals surface area contributed by atoms with Crippen molar-refractivity contribution in [2.45, 2.75) is 45.0 Å². The van der Waals surface area contributed by atoms with E-state index in [-0.39, 0.29) is 30.9 Å². The highest BCUT2D eigenvalue weighted by Crippen LogP contribution is 2.45. The lowest BCUT2D eigenvalue weighted by Gasteiger charge is -2.36. The number of nitrogen functional groups attached to an aromatic ring is 1. The van der Waals surface area contributed by atoms with Crippen LogP contribution < -0.4 is 5.73 Å². The van der Waals surface area contributed by atoms with Crippen LogP contribution in [0.5, 0.6) is 0 Å². The van der Waals surface area contributed by atoms with E-state index >= 15 is 0 Å². The van der Waals surface area contributed by atoms with Crippen molar-refractivity contribution in [1.82, 2.24) is 9.80 Å². The maximum Gasteiger partial charge on any atom is 0.458 e.